The second-order valence-electron chi connectivity index (χ2n) is 29.3. The summed E-state index contributed by atoms with van der Waals surface area (Å²) >= 11 is 0. The maximum atomic E-state index is 13.9. The zero-order valence-electron chi connectivity index (χ0n) is 54.3. The van der Waals surface area contributed by atoms with Gasteiger partial charge >= 0.3 is 17.9 Å². The van der Waals surface area contributed by atoms with Gasteiger partial charge in [-0.15, -0.1) is 0 Å². The molecule has 5 aliphatic carbocycles. The van der Waals surface area contributed by atoms with Gasteiger partial charge in [0.05, 0.1) is 49.7 Å². The van der Waals surface area contributed by atoms with Crippen molar-refractivity contribution >= 4 is 17.9 Å². The maximum Gasteiger partial charge on any atom is 0.335 e. The zero-order chi connectivity index (χ0) is 68.2. The van der Waals surface area contributed by atoms with E-state index in [0.717, 1.165) is 5.57 Å². The summed E-state index contributed by atoms with van der Waals surface area (Å²) in [7, 11) is 0. The summed E-state index contributed by atoms with van der Waals surface area (Å²) in [5.41, 5.74) is -4.87. The molecule has 8 fully saturated rings. The molecule has 4 saturated heterocycles. The monoisotopic (exact) mass is 1320 g/mol. The Morgan fingerprint density at radius 1 is 0.576 bits per heavy atom. The van der Waals surface area contributed by atoms with Crippen molar-refractivity contribution in [2.45, 2.75) is 275 Å². The number of esters is 2. The van der Waals surface area contributed by atoms with Crippen LogP contribution < -0.4 is 0 Å². The molecule has 4 aliphatic heterocycles. The fourth-order valence-electron chi connectivity index (χ4n) is 17.8. The van der Waals surface area contributed by atoms with Crippen molar-refractivity contribution in [2.75, 3.05) is 19.8 Å². The number of hydrogen-bond acceptors (Lipinski definition) is 27. The number of aliphatic carboxylic acids is 1. The number of ether oxygens (including phenoxy) is 10. The highest BCUT2D eigenvalue weighted by Crippen LogP contribution is 2.76. The van der Waals surface area contributed by atoms with Crippen LogP contribution in [0.25, 0.3) is 0 Å². The Morgan fingerprint density at radius 3 is 1.66 bits per heavy atom. The van der Waals surface area contributed by atoms with Crippen LogP contribution in [-0.4, -0.2) is 268 Å². The SMILES string of the molecule is CC=C(C)C(=O)O[C@@H]1[C@@H](OC(=O)C(C)=CC)[C@@]2(CO)[C@H](CC1(C)C)C1=CC[C@H]3[C@@]4(C)CC[C@H](O[C@@H]5O[C@H](C(=O)O)[C@@H](O)[C@H](O[C@@H]6O[C@H](CO)[C@H](O)[C@H](O)[C@H]6O[C@@H]6O[C@@H](C)[C@H](O)[C@@H](O)[C@H]6O)[C@H]5O[C@@H]5O[C@H](CO)[C@@H](O)[C@H](O)[C@H]5O)C(C)(C)[C@H]4CC[C@@]3(C)[C@]1(C)[C@@H](O)[C@H]2O. The molecule has 28 nitrogen and oxygen atoms in total. The van der Waals surface area contributed by atoms with Gasteiger partial charge in [0, 0.05) is 22.0 Å². The van der Waals surface area contributed by atoms with Gasteiger partial charge in [0.25, 0.3) is 0 Å². The van der Waals surface area contributed by atoms with Gasteiger partial charge < -0.3 is 124 Å². The predicted molar refractivity (Wildman–Crippen MR) is 314 cm³/mol. The van der Waals surface area contributed by atoms with Crippen LogP contribution in [0.2, 0.25) is 0 Å². The highest BCUT2D eigenvalue weighted by Gasteiger charge is 2.77. The molecule has 4 saturated carbocycles. The van der Waals surface area contributed by atoms with Crippen molar-refractivity contribution in [1.29, 1.82) is 0 Å². The molecule has 28 heteroatoms. The molecule has 0 aromatic heterocycles. The summed E-state index contributed by atoms with van der Waals surface area (Å²) in [6.45, 7) is 19.2. The van der Waals surface area contributed by atoms with Crippen molar-refractivity contribution < 1.29 is 138 Å². The molecule has 92 heavy (non-hydrogen) atoms. The van der Waals surface area contributed by atoms with Crippen molar-refractivity contribution in [2.24, 2.45) is 50.2 Å². The average Bonchev–Trinajstić information content (AvgIpc) is 0.663. The number of hydrogen-bond donors (Lipinski definition) is 15. The first kappa shape index (κ1) is 73.0. The number of carboxylic acids is 1. The van der Waals surface area contributed by atoms with Gasteiger partial charge in [-0.05, 0) is 107 Å². The van der Waals surface area contributed by atoms with E-state index in [1.54, 1.807) is 39.8 Å². The smallest absolute Gasteiger partial charge is 0.335 e. The fraction of sp³-hybridized carbons (Fsp3) is 0.859. The fourth-order valence-corrected chi connectivity index (χ4v) is 17.8. The number of aliphatic hydroxyl groups is 14. The summed E-state index contributed by atoms with van der Waals surface area (Å²) < 4.78 is 61.7. The number of carboxylic acid groups (broad SMARTS) is 1. The van der Waals surface area contributed by atoms with E-state index in [0.29, 0.717) is 25.7 Å². The molecule has 0 spiro atoms. The normalized spacial score (nSPS) is 50.2. The van der Waals surface area contributed by atoms with E-state index < -0.39 is 229 Å². The van der Waals surface area contributed by atoms with E-state index in [9.17, 15) is 91.0 Å². The molecule has 0 bridgehead atoms. The molecule has 9 rings (SSSR count). The maximum absolute atomic E-state index is 13.9. The van der Waals surface area contributed by atoms with Gasteiger partial charge in [-0.25, -0.2) is 14.4 Å². The molecule has 15 N–H and O–H groups in total. The molecular weight excluding hydrogens is 1220 g/mol. The standard InChI is InChI=1S/C64H100O28/c1-13-25(3)53(81)91-50-51(92-54(82)26(4)14-2)64(24-67)29(21-59(50,6)7)28-15-16-33-61(10)19-18-34(60(8,9)32(61)17-20-62(33,11)63(28,12)48(77)49(64)78)86-58-47(90-56-42(75)39(72)36(69)30(22-65)84-56)44(43(76)45(88-58)52(79)80)87-57-46(40(73)37(70)31(23-66)85-57)89-55-41(74)38(71)35(68)27(5)83-55/h13-15,27,29-51,55-58,65-78H,16-24H2,1-12H3,(H,79,80)/t27-,29+,30+,31+,32+,33-,34-,35-,36+,37-,38+,39-,40-,41+,42+,43-,44-,45-,46+,47+,48-,49+,50+,51+,55-,56-,57-,58+,61-,62+,63-,64-/m0/s1. The Morgan fingerprint density at radius 2 is 1.10 bits per heavy atom. The summed E-state index contributed by atoms with van der Waals surface area (Å²) in [5, 5.41) is 170. The van der Waals surface area contributed by atoms with Gasteiger partial charge in [-0.3, -0.25) is 0 Å². The van der Waals surface area contributed by atoms with Gasteiger partial charge in [0.15, 0.2) is 37.4 Å². The van der Waals surface area contributed by atoms with Gasteiger partial charge in [0.1, 0.15) is 91.6 Å². The minimum Gasteiger partial charge on any atom is -0.479 e. The summed E-state index contributed by atoms with van der Waals surface area (Å²) in [6.07, 6.45) is -37.8. The van der Waals surface area contributed by atoms with Crippen molar-refractivity contribution in [3.05, 3.63) is 34.9 Å². The molecule has 524 valence electrons. The van der Waals surface area contributed by atoms with E-state index in [1.807, 2.05) is 34.6 Å². The number of aliphatic hydroxyl groups excluding tert-OH is 14. The van der Waals surface area contributed by atoms with Crippen LogP contribution in [0.3, 0.4) is 0 Å². The van der Waals surface area contributed by atoms with Crippen molar-refractivity contribution in [3.8, 4) is 0 Å². The zero-order valence-corrected chi connectivity index (χ0v) is 54.3. The van der Waals surface area contributed by atoms with E-state index in [4.69, 9.17) is 47.4 Å². The molecule has 0 amide bonds. The average molecular weight is 1320 g/mol. The van der Waals surface area contributed by atoms with Gasteiger partial charge in [-0.1, -0.05) is 72.3 Å². The van der Waals surface area contributed by atoms with E-state index >= 15 is 0 Å². The largest absolute Gasteiger partial charge is 0.479 e. The quantitative estimate of drug-likeness (QED) is 0.0361. The van der Waals surface area contributed by atoms with Crippen LogP contribution in [0.5, 0.6) is 0 Å². The lowest BCUT2D eigenvalue weighted by Crippen LogP contribution is -2.76. The highest BCUT2D eigenvalue weighted by molar-refractivity contribution is 5.89. The first-order chi connectivity index (χ1) is 42.9. The summed E-state index contributed by atoms with van der Waals surface area (Å²) in [6, 6.07) is 0. The Bertz CT molecular complexity index is 2760. The third kappa shape index (κ3) is 11.8. The predicted octanol–water partition coefficient (Wildman–Crippen LogP) is -1.52. The number of carbonyl (C=O) groups is 3. The Labute approximate surface area is 534 Å². The molecule has 4 heterocycles. The Kier molecular flexibility index (Phi) is 21.3. The second kappa shape index (κ2) is 26.9. The third-order valence-corrected chi connectivity index (χ3v) is 23.8. The van der Waals surface area contributed by atoms with Crippen LogP contribution in [0.1, 0.15) is 122 Å². The topological polar surface area (TPSA) is 447 Å². The van der Waals surface area contributed by atoms with Crippen LogP contribution in [0, 0.1) is 50.2 Å². The molecule has 0 unspecified atom stereocenters. The second-order valence-corrected chi connectivity index (χ2v) is 29.3. The first-order valence-electron chi connectivity index (χ1n) is 32.1. The molecule has 9 aliphatic rings. The third-order valence-electron chi connectivity index (χ3n) is 23.8. The van der Waals surface area contributed by atoms with Gasteiger partial charge in [-0.2, -0.15) is 0 Å². The lowest BCUT2D eigenvalue weighted by atomic mass is 9.32. The van der Waals surface area contributed by atoms with Crippen LogP contribution in [0.4, 0.5) is 0 Å². The Balaban J connectivity index is 1.07. The minimum atomic E-state index is -2.31. The highest BCUT2D eigenvalue weighted by atomic mass is 16.8. The number of carbonyl (C=O) groups excluding carboxylic acids is 2. The summed E-state index contributed by atoms with van der Waals surface area (Å²) in [5.74, 6) is -4.35. The first-order valence-corrected chi connectivity index (χ1v) is 32.1. The number of allylic oxidation sites excluding steroid dienone is 3. The van der Waals surface area contributed by atoms with Crippen molar-refractivity contribution in [3.63, 3.8) is 0 Å². The van der Waals surface area contributed by atoms with Crippen LogP contribution in [-0.2, 0) is 61.8 Å². The molecule has 32 atom stereocenters. The Hall–Kier alpha value is -3.25. The lowest BCUT2D eigenvalue weighted by molar-refractivity contribution is -0.406. The van der Waals surface area contributed by atoms with Crippen LogP contribution >= 0.6 is 0 Å². The van der Waals surface area contributed by atoms with E-state index in [1.165, 1.54) is 6.92 Å². The van der Waals surface area contributed by atoms with E-state index in [-0.39, 0.29) is 35.8 Å². The van der Waals surface area contributed by atoms with E-state index in [2.05, 4.69) is 19.9 Å². The van der Waals surface area contributed by atoms with Crippen LogP contribution in [0.15, 0.2) is 34.9 Å². The lowest BCUT2D eigenvalue weighted by Gasteiger charge is -2.73. The number of rotatable bonds is 16. The van der Waals surface area contributed by atoms with Gasteiger partial charge in [0.2, 0.25) is 0 Å². The van der Waals surface area contributed by atoms with Crippen molar-refractivity contribution in [1.82, 2.24) is 0 Å². The molecule has 0 aromatic carbocycles. The minimum absolute atomic E-state index is 0.220. The molecule has 0 aromatic rings. The summed E-state index contributed by atoms with van der Waals surface area (Å²) in [4.78, 5) is 40.9. The molecule has 0 radical (unpaired) electrons. The molecular formula is C64H100O28. The number of fused-ring (bicyclic) bond motifs is 7.